The van der Waals surface area contributed by atoms with Gasteiger partial charge in [0.15, 0.2) is 0 Å². The molecule has 0 unspecified atom stereocenters. The molecule has 2 rings (SSSR count). The Morgan fingerprint density at radius 1 is 1.47 bits per heavy atom. The highest BCUT2D eigenvalue weighted by Gasteiger charge is 2.31. The molecule has 1 heterocycles. The molecule has 1 aliphatic rings. The molecule has 0 aliphatic heterocycles. The second-order valence-electron chi connectivity index (χ2n) is 5.30. The average molecular weight is 284 g/mol. The van der Waals surface area contributed by atoms with E-state index >= 15 is 0 Å². The van der Waals surface area contributed by atoms with Gasteiger partial charge >= 0.3 is 0 Å². The van der Waals surface area contributed by atoms with Crippen LogP contribution in [-0.2, 0) is 7.05 Å². The lowest BCUT2D eigenvalue weighted by Crippen LogP contribution is -2.45. The Hall–Kier alpha value is -1.03. The van der Waals surface area contributed by atoms with E-state index in [0.29, 0.717) is 11.9 Å². The number of rotatable bonds is 5. The van der Waals surface area contributed by atoms with Crippen LogP contribution in [0.1, 0.15) is 47.4 Å². The minimum atomic E-state index is 0.123. The molecule has 1 aliphatic carbocycles. The molecule has 0 radical (unpaired) electrons. The quantitative estimate of drug-likeness (QED) is 0.779. The molecule has 0 N–H and O–H groups in total. The molecule has 106 valence electrons. The molecule has 1 saturated carbocycles. The van der Waals surface area contributed by atoms with Crippen molar-refractivity contribution in [3.8, 4) is 0 Å². The largest absolute Gasteiger partial charge is 0.336 e. The lowest BCUT2D eigenvalue weighted by molar-refractivity contribution is 0.0579. The molecule has 1 aromatic heterocycles. The standard InChI is InChI=1S/C14H22ClN3O/c1-10-13(11(2)17(3)16-10)14(19)18(9-5-8-15)12-6-4-7-12/h12H,4-9H2,1-3H3. The normalized spacial score (nSPS) is 15.4. The van der Waals surface area contributed by atoms with Crippen LogP contribution in [0.4, 0.5) is 0 Å². The summed E-state index contributed by atoms with van der Waals surface area (Å²) in [5.41, 5.74) is 2.53. The van der Waals surface area contributed by atoms with Gasteiger partial charge in [0.1, 0.15) is 0 Å². The summed E-state index contributed by atoms with van der Waals surface area (Å²) in [6.45, 7) is 4.61. The van der Waals surface area contributed by atoms with Crippen molar-refractivity contribution in [3.05, 3.63) is 17.0 Å². The van der Waals surface area contributed by atoms with Crippen molar-refractivity contribution in [1.82, 2.24) is 14.7 Å². The van der Waals surface area contributed by atoms with Crippen LogP contribution in [0.25, 0.3) is 0 Å². The third kappa shape index (κ3) is 2.78. The number of halogens is 1. The van der Waals surface area contributed by atoms with Gasteiger partial charge < -0.3 is 4.90 Å². The molecule has 0 saturated heterocycles. The van der Waals surface area contributed by atoms with Crippen LogP contribution in [-0.4, -0.2) is 39.1 Å². The van der Waals surface area contributed by atoms with Crippen LogP contribution >= 0.6 is 11.6 Å². The smallest absolute Gasteiger partial charge is 0.257 e. The van der Waals surface area contributed by atoms with Gasteiger partial charge in [0, 0.05) is 31.2 Å². The van der Waals surface area contributed by atoms with Crippen molar-refractivity contribution in [2.75, 3.05) is 12.4 Å². The fourth-order valence-corrected chi connectivity index (χ4v) is 2.72. The lowest BCUT2D eigenvalue weighted by Gasteiger charge is -2.37. The molecule has 0 aromatic carbocycles. The van der Waals surface area contributed by atoms with E-state index in [-0.39, 0.29) is 5.91 Å². The van der Waals surface area contributed by atoms with E-state index in [9.17, 15) is 4.79 Å². The lowest BCUT2D eigenvalue weighted by atomic mass is 9.90. The van der Waals surface area contributed by atoms with Gasteiger partial charge in [-0.25, -0.2) is 0 Å². The van der Waals surface area contributed by atoms with E-state index in [0.717, 1.165) is 42.8 Å². The molecule has 5 heteroatoms. The number of nitrogens with zero attached hydrogens (tertiary/aromatic N) is 3. The van der Waals surface area contributed by atoms with E-state index in [1.165, 1.54) is 6.42 Å². The number of hydrogen-bond donors (Lipinski definition) is 0. The molecule has 1 fully saturated rings. The molecule has 0 bridgehead atoms. The number of amides is 1. The first-order chi connectivity index (χ1) is 9.06. The van der Waals surface area contributed by atoms with E-state index in [2.05, 4.69) is 5.10 Å². The predicted molar refractivity (Wildman–Crippen MR) is 76.7 cm³/mol. The first kappa shape index (κ1) is 14.4. The third-order valence-electron chi connectivity index (χ3n) is 4.03. The first-order valence-corrected chi connectivity index (χ1v) is 7.46. The summed E-state index contributed by atoms with van der Waals surface area (Å²) in [7, 11) is 1.88. The Morgan fingerprint density at radius 2 is 2.16 bits per heavy atom. The first-order valence-electron chi connectivity index (χ1n) is 6.93. The van der Waals surface area contributed by atoms with Crippen molar-refractivity contribution < 1.29 is 4.79 Å². The van der Waals surface area contributed by atoms with Gasteiger partial charge in [-0.2, -0.15) is 5.10 Å². The molecule has 19 heavy (non-hydrogen) atoms. The Kier molecular flexibility index (Phi) is 4.50. The summed E-state index contributed by atoms with van der Waals surface area (Å²) in [5.74, 6) is 0.722. The van der Waals surface area contributed by atoms with Crippen LogP contribution in [0.3, 0.4) is 0 Å². The van der Waals surface area contributed by atoms with Gasteiger partial charge in [-0.05, 0) is 39.5 Å². The number of aryl methyl sites for hydroxylation is 2. The molecular weight excluding hydrogens is 262 g/mol. The summed E-state index contributed by atoms with van der Waals surface area (Å²) < 4.78 is 1.78. The zero-order chi connectivity index (χ0) is 14.0. The Morgan fingerprint density at radius 3 is 2.58 bits per heavy atom. The highest BCUT2D eigenvalue weighted by molar-refractivity contribution is 6.17. The van der Waals surface area contributed by atoms with Gasteiger partial charge in [0.05, 0.1) is 11.3 Å². The summed E-state index contributed by atoms with van der Waals surface area (Å²) in [6.07, 6.45) is 4.31. The Bertz CT molecular complexity index is 466. The van der Waals surface area contributed by atoms with E-state index in [1.807, 2.05) is 25.8 Å². The van der Waals surface area contributed by atoms with Gasteiger partial charge in [-0.1, -0.05) is 0 Å². The van der Waals surface area contributed by atoms with E-state index < -0.39 is 0 Å². The SMILES string of the molecule is Cc1nn(C)c(C)c1C(=O)N(CCCCl)C1CCC1. The number of carbonyl (C=O) groups excluding carboxylic acids is 1. The highest BCUT2D eigenvalue weighted by atomic mass is 35.5. The van der Waals surface area contributed by atoms with Crippen LogP contribution in [0.5, 0.6) is 0 Å². The fraction of sp³-hybridized carbons (Fsp3) is 0.714. The maximum absolute atomic E-state index is 12.8. The number of alkyl halides is 1. The minimum absolute atomic E-state index is 0.123. The number of aromatic nitrogens is 2. The van der Waals surface area contributed by atoms with Crippen molar-refractivity contribution in [2.45, 2.75) is 45.6 Å². The predicted octanol–water partition coefficient (Wildman–Crippen LogP) is 2.66. The summed E-state index contributed by atoms with van der Waals surface area (Å²) in [4.78, 5) is 14.8. The van der Waals surface area contributed by atoms with Crippen molar-refractivity contribution in [1.29, 1.82) is 0 Å². The summed E-state index contributed by atoms with van der Waals surface area (Å²) in [6, 6.07) is 0.398. The molecule has 1 aromatic rings. The minimum Gasteiger partial charge on any atom is -0.336 e. The fourth-order valence-electron chi connectivity index (χ4n) is 2.61. The van der Waals surface area contributed by atoms with Gasteiger partial charge in [0.2, 0.25) is 0 Å². The van der Waals surface area contributed by atoms with Crippen molar-refractivity contribution in [2.24, 2.45) is 7.05 Å². The van der Waals surface area contributed by atoms with Crippen molar-refractivity contribution in [3.63, 3.8) is 0 Å². The van der Waals surface area contributed by atoms with Gasteiger partial charge in [-0.15, -0.1) is 11.6 Å². The second-order valence-corrected chi connectivity index (χ2v) is 5.67. The van der Waals surface area contributed by atoms with Gasteiger partial charge in [-0.3, -0.25) is 9.48 Å². The van der Waals surface area contributed by atoms with E-state index in [1.54, 1.807) is 4.68 Å². The number of carbonyl (C=O) groups is 1. The third-order valence-corrected chi connectivity index (χ3v) is 4.30. The highest BCUT2D eigenvalue weighted by Crippen LogP contribution is 2.27. The monoisotopic (exact) mass is 283 g/mol. The average Bonchev–Trinajstić information content (AvgIpc) is 2.55. The zero-order valence-electron chi connectivity index (χ0n) is 11.9. The van der Waals surface area contributed by atoms with Crippen LogP contribution < -0.4 is 0 Å². The number of hydrogen-bond acceptors (Lipinski definition) is 2. The van der Waals surface area contributed by atoms with E-state index in [4.69, 9.17) is 11.6 Å². The van der Waals surface area contributed by atoms with Crippen LogP contribution in [0.2, 0.25) is 0 Å². The molecule has 0 atom stereocenters. The molecule has 0 spiro atoms. The van der Waals surface area contributed by atoms with Crippen LogP contribution in [0.15, 0.2) is 0 Å². The maximum atomic E-state index is 12.8. The maximum Gasteiger partial charge on any atom is 0.257 e. The van der Waals surface area contributed by atoms with Crippen LogP contribution in [0, 0.1) is 13.8 Å². The second kappa shape index (κ2) is 5.95. The topological polar surface area (TPSA) is 38.1 Å². The Balaban J connectivity index is 2.22. The Labute approximate surface area is 119 Å². The van der Waals surface area contributed by atoms with Gasteiger partial charge in [0.25, 0.3) is 5.91 Å². The molecular formula is C14H22ClN3O. The van der Waals surface area contributed by atoms with Crippen molar-refractivity contribution >= 4 is 17.5 Å². The zero-order valence-corrected chi connectivity index (χ0v) is 12.7. The summed E-state index contributed by atoms with van der Waals surface area (Å²) in [5, 5.41) is 4.34. The molecule has 4 nitrogen and oxygen atoms in total. The molecule has 1 amide bonds. The summed E-state index contributed by atoms with van der Waals surface area (Å²) >= 11 is 5.77.